The van der Waals surface area contributed by atoms with Crippen molar-refractivity contribution in [3.63, 3.8) is 0 Å². The van der Waals surface area contributed by atoms with Gasteiger partial charge in [-0.3, -0.25) is 9.59 Å². The quantitative estimate of drug-likeness (QED) is 0.210. The van der Waals surface area contributed by atoms with E-state index in [0.717, 1.165) is 71.5 Å². The lowest BCUT2D eigenvalue weighted by atomic mass is 9.81. The Labute approximate surface area is 269 Å². The third kappa shape index (κ3) is 5.33. The summed E-state index contributed by atoms with van der Waals surface area (Å²) in [5.74, 6) is 1.54. The zero-order chi connectivity index (χ0) is 31.9. The maximum Gasteiger partial charge on any atom is 0.306 e. The normalized spacial score (nSPS) is 16.6. The first-order chi connectivity index (χ1) is 22.4. The van der Waals surface area contributed by atoms with Crippen molar-refractivity contribution in [1.82, 2.24) is 15.0 Å². The van der Waals surface area contributed by atoms with Crippen LogP contribution in [0, 0.1) is 0 Å². The number of carbonyl (C=O) groups excluding carboxylic acids is 2. The van der Waals surface area contributed by atoms with Gasteiger partial charge in [-0.2, -0.15) is 0 Å². The van der Waals surface area contributed by atoms with Gasteiger partial charge in [0, 0.05) is 32.6 Å². The zero-order valence-electron chi connectivity index (χ0n) is 27.0. The molecule has 10 nitrogen and oxygen atoms in total. The van der Waals surface area contributed by atoms with Crippen molar-refractivity contribution in [2.45, 2.75) is 64.3 Å². The molecule has 10 heteroatoms. The molecule has 1 fully saturated rings. The number of hydrogen-bond acceptors (Lipinski definition) is 8. The monoisotopic (exact) mass is 623 g/mol. The van der Waals surface area contributed by atoms with E-state index in [1.807, 2.05) is 31.0 Å². The van der Waals surface area contributed by atoms with Crippen LogP contribution in [0.2, 0.25) is 0 Å². The molecule has 0 bridgehead atoms. The Hall–Kier alpha value is -4.60. The maximum atomic E-state index is 13.0. The number of methoxy groups -OCH3 is 1. The average molecular weight is 624 g/mol. The number of anilines is 2. The number of benzene rings is 3. The lowest BCUT2D eigenvalue weighted by Crippen LogP contribution is -2.41. The standard InChI is InChI=1S/C36H41N5O5/c1-5-15-41-32(42)21-46-36-30(13-12-26(34(36)41)22-10-11-22)40-16-14-25-23(20-40)8-7-9-27(25)28(19-33(43)45-6-2)24-17-29-35(31(18-24)44-4)39(3)38-37-29/h7-9,12-13,17-18,22,28H,5-6,10-11,14-16,19-21H2,1-4H3. The lowest BCUT2D eigenvalue weighted by Gasteiger charge is -2.38. The molecule has 7 rings (SSSR count). The minimum absolute atomic E-state index is 0.0333. The molecular weight excluding hydrogens is 582 g/mol. The van der Waals surface area contributed by atoms with E-state index < -0.39 is 0 Å². The third-order valence-corrected chi connectivity index (χ3v) is 9.52. The lowest BCUT2D eigenvalue weighted by molar-refractivity contribution is -0.143. The van der Waals surface area contributed by atoms with Gasteiger partial charge in [0.05, 0.1) is 31.5 Å². The Balaban J connectivity index is 1.27. The van der Waals surface area contributed by atoms with Gasteiger partial charge in [-0.1, -0.05) is 36.4 Å². The smallest absolute Gasteiger partial charge is 0.306 e. The van der Waals surface area contributed by atoms with Gasteiger partial charge in [0.15, 0.2) is 12.4 Å². The van der Waals surface area contributed by atoms with E-state index in [0.29, 0.717) is 31.4 Å². The molecule has 1 atom stereocenters. The van der Waals surface area contributed by atoms with E-state index >= 15 is 0 Å². The molecule has 46 heavy (non-hydrogen) atoms. The Bertz CT molecular complexity index is 1810. The molecule has 3 aromatic carbocycles. The molecular formula is C36H41N5O5. The summed E-state index contributed by atoms with van der Waals surface area (Å²) in [5.41, 5.74) is 9.27. The summed E-state index contributed by atoms with van der Waals surface area (Å²) in [6, 6.07) is 14.8. The molecule has 3 heterocycles. The molecule has 1 aliphatic carbocycles. The number of ether oxygens (including phenoxy) is 3. The summed E-state index contributed by atoms with van der Waals surface area (Å²) in [7, 11) is 3.48. The fraction of sp³-hybridized carbons (Fsp3) is 0.444. The number of aromatic nitrogens is 3. The number of amides is 1. The molecule has 1 saturated carbocycles. The number of aryl methyl sites for hydroxylation is 1. The highest BCUT2D eigenvalue weighted by Crippen LogP contribution is 2.52. The van der Waals surface area contributed by atoms with Crippen LogP contribution in [0.25, 0.3) is 11.0 Å². The van der Waals surface area contributed by atoms with Gasteiger partial charge < -0.3 is 24.0 Å². The minimum Gasteiger partial charge on any atom is -0.494 e. The summed E-state index contributed by atoms with van der Waals surface area (Å²) >= 11 is 0. The second-order valence-electron chi connectivity index (χ2n) is 12.5. The van der Waals surface area contributed by atoms with Gasteiger partial charge in [-0.25, -0.2) is 4.68 Å². The highest BCUT2D eigenvalue weighted by atomic mass is 16.5. The van der Waals surface area contributed by atoms with Gasteiger partial charge >= 0.3 is 5.97 Å². The van der Waals surface area contributed by atoms with E-state index in [1.54, 1.807) is 11.8 Å². The Morgan fingerprint density at radius 1 is 1.15 bits per heavy atom. The number of nitrogens with zero attached hydrogens (tertiary/aromatic N) is 5. The summed E-state index contributed by atoms with van der Waals surface area (Å²) in [5, 5.41) is 8.56. The number of hydrogen-bond donors (Lipinski definition) is 0. The number of rotatable bonds is 10. The van der Waals surface area contributed by atoms with Gasteiger partial charge in [-0.05, 0) is 84.5 Å². The zero-order valence-corrected chi connectivity index (χ0v) is 27.0. The van der Waals surface area contributed by atoms with E-state index in [2.05, 4.69) is 52.5 Å². The Morgan fingerprint density at radius 3 is 2.76 bits per heavy atom. The molecule has 1 aromatic heterocycles. The van der Waals surface area contributed by atoms with Crippen LogP contribution in [-0.4, -0.2) is 60.3 Å². The summed E-state index contributed by atoms with van der Waals surface area (Å²) in [6.07, 6.45) is 4.20. The fourth-order valence-corrected chi connectivity index (χ4v) is 7.26. The van der Waals surface area contributed by atoms with Gasteiger partial charge in [0.25, 0.3) is 5.91 Å². The second kappa shape index (κ2) is 12.3. The molecule has 1 unspecified atom stereocenters. The summed E-state index contributed by atoms with van der Waals surface area (Å²) in [6.45, 7) is 6.50. The first-order valence-corrected chi connectivity index (χ1v) is 16.4. The van der Waals surface area contributed by atoms with E-state index in [9.17, 15) is 9.59 Å². The van der Waals surface area contributed by atoms with Crippen molar-refractivity contribution in [3.05, 3.63) is 70.3 Å². The third-order valence-electron chi connectivity index (χ3n) is 9.52. The topological polar surface area (TPSA) is 99.0 Å². The van der Waals surface area contributed by atoms with Crippen LogP contribution in [-0.2, 0) is 34.3 Å². The van der Waals surface area contributed by atoms with Crippen LogP contribution in [0.4, 0.5) is 11.4 Å². The van der Waals surface area contributed by atoms with Crippen molar-refractivity contribution in [1.29, 1.82) is 0 Å². The van der Waals surface area contributed by atoms with Crippen molar-refractivity contribution in [2.75, 3.05) is 43.2 Å². The molecule has 4 aromatic rings. The summed E-state index contributed by atoms with van der Waals surface area (Å²) < 4.78 is 19.2. The maximum absolute atomic E-state index is 13.0. The Morgan fingerprint density at radius 2 is 2.00 bits per heavy atom. The van der Waals surface area contributed by atoms with Crippen LogP contribution >= 0.6 is 0 Å². The first kappa shape index (κ1) is 30.1. The number of carbonyl (C=O) groups is 2. The molecule has 0 N–H and O–H groups in total. The van der Waals surface area contributed by atoms with E-state index in [-0.39, 0.29) is 30.8 Å². The predicted octanol–water partition coefficient (Wildman–Crippen LogP) is 5.64. The van der Waals surface area contributed by atoms with E-state index in [4.69, 9.17) is 14.2 Å². The molecule has 3 aliphatic rings. The van der Waals surface area contributed by atoms with E-state index in [1.165, 1.54) is 16.7 Å². The molecule has 240 valence electrons. The molecule has 0 spiro atoms. The van der Waals surface area contributed by atoms with Crippen LogP contribution < -0.4 is 19.3 Å². The summed E-state index contributed by atoms with van der Waals surface area (Å²) in [4.78, 5) is 30.3. The van der Waals surface area contributed by atoms with Gasteiger partial charge in [0.2, 0.25) is 0 Å². The first-order valence-electron chi connectivity index (χ1n) is 16.4. The van der Waals surface area contributed by atoms with Crippen molar-refractivity contribution in [3.8, 4) is 11.5 Å². The van der Waals surface area contributed by atoms with Gasteiger partial charge in [-0.15, -0.1) is 5.10 Å². The molecule has 1 amide bonds. The number of fused-ring (bicyclic) bond motifs is 3. The van der Waals surface area contributed by atoms with Crippen LogP contribution in [0.15, 0.2) is 42.5 Å². The largest absolute Gasteiger partial charge is 0.494 e. The van der Waals surface area contributed by atoms with Crippen LogP contribution in [0.3, 0.4) is 0 Å². The SMILES string of the molecule is CCCN1C(=O)COc2c(N3CCc4c(cccc4C(CC(=O)OCC)c4cc(OC)c5c(c4)nnn5C)C3)ccc(C3CC3)c21. The minimum atomic E-state index is -0.247. The molecule has 0 saturated heterocycles. The predicted molar refractivity (Wildman–Crippen MR) is 176 cm³/mol. The average Bonchev–Trinajstić information content (AvgIpc) is 3.85. The van der Waals surface area contributed by atoms with Crippen LogP contribution in [0.5, 0.6) is 11.5 Å². The molecule has 2 aliphatic heterocycles. The Kier molecular flexibility index (Phi) is 8.04. The fourth-order valence-electron chi connectivity index (χ4n) is 7.26. The van der Waals surface area contributed by atoms with Crippen molar-refractivity contribution >= 4 is 34.3 Å². The van der Waals surface area contributed by atoms with Crippen LogP contribution in [0.1, 0.15) is 79.2 Å². The number of esters is 1. The second-order valence-corrected chi connectivity index (χ2v) is 12.5. The highest BCUT2D eigenvalue weighted by Gasteiger charge is 2.37. The highest BCUT2D eigenvalue weighted by molar-refractivity contribution is 6.00. The van der Waals surface area contributed by atoms with Gasteiger partial charge in [0.1, 0.15) is 16.8 Å². The van der Waals surface area contributed by atoms with Crippen molar-refractivity contribution < 1.29 is 23.8 Å². The van der Waals surface area contributed by atoms with Crippen molar-refractivity contribution in [2.24, 2.45) is 7.05 Å². The molecule has 0 radical (unpaired) electrons.